The van der Waals surface area contributed by atoms with Gasteiger partial charge in [0.05, 0.1) is 12.8 Å². The van der Waals surface area contributed by atoms with Crippen molar-refractivity contribution in [3.05, 3.63) is 45.8 Å². The van der Waals surface area contributed by atoms with E-state index < -0.39 is 5.97 Å². The predicted octanol–water partition coefficient (Wildman–Crippen LogP) is 3.75. The summed E-state index contributed by atoms with van der Waals surface area (Å²) in [5.74, 6) is -0.747. The number of thiazole rings is 1. The van der Waals surface area contributed by atoms with Crippen molar-refractivity contribution in [2.24, 2.45) is 0 Å². The van der Waals surface area contributed by atoms with Crippen molar-refractivity contribution in [2.45, 2.75) is 0 Å². The summed E-state index contributed by atoms with van der Waals surface area (Å²) in [7, 11) is 1.33. The van der Waals surface area contributed by atoms with Gasteiger partial charge in [0.25, 0.3) is 0 Å². The van der Waals surface area contributed by atoms with Crippen molar-refractivity contribution in [1.29, 1.82) is 0 Å². The summed E-state index contributed by atoms with van der Waals surface area (Å²) in [6, 6.07) is 4.68. The number of imidazole rings is 1. The molecule has 0 aliphatic heterocycles. The Balaban J connectivity index is 2.08. The molecule has 0 N–H and O–H groups in total. The van der Waals surface area contributed by atoms with E-state index in [4.69, 9.17) is 0 Å². The van der Waals surface area contributed by atoms with Crippen molar-refractivity contribution in [1.82, 2.24) is 9.38 Å². The second kappa shape index (κ2) is 4.99. The predicted molar refractivity (Wildman–Crippen MR) is 77.5 cm³/mol. The number of rotatable bonds is 2. The first-order valence-corrected chi connectivity index (χ1v) is 7.21. The summed E-state index contributed by atoms with van der Waals surface area (Å²) < 4.78 is 20.9. The Morgan fingerprint density at radius 3 is 2.95 bits per heavy atom. The van der Waals surface area contributed by atoms with Crippen molar-refractivity contribution in [3.63, 3.8) is 0 Å². The zero-order chi connectivity index (χ0) is 14.3. The lowest BCUT2D eigenvalue weighted by molar-refractivity contribution is 0.0606. The normalized spacial score (nSPS) is 10.9. The van der Waals surface area contributed by atoms with E-state index in [1.165, 1.54) is 24.5 Å². The molecular weight excluding hydrogens is 347 g/mol. The fraction of sp³-hybridized carbons (Fsp3) is 0.0769. The molecule has 0 radical (unpaired) electrons. The molecule has 3 aromatic rings. The van der Waals surface area contributed by atoms with E-state index in [0.717, 1.165) is 4.47 Å². The molecule has 3 rings (SSSR count). The van der Waals surface area contributed by atoms with Gasteiger partial charge in [-0.3, -0.25) is 4.40 Å². The first kappa shape index (κ1) is 13.3. The van der Waals surface area contributed by atoms with Gasteiger partial charge in [-0.15, -0.1) is 0 Å². The fourth-order valence-corrected chi connectivity index (χ4v) is 3.06. The van der Waals surface area contributed by atoms with Gasteiger partial charge in [0.2, 0.25) is 0 Å². The minimum absolute atomic E-state index is 0.341. The van der Waals surface area contributed by atoms with Crippen molar-refractivity contribution in [3.8, 4) is 11.3 Å². The molecule has 0 spiro atoms. The number of carbonyl (C=O) groups excluding carboxylic acids is 1. The highest BCUT2D eigenvalue weighted by Gasteiger charge is 2.15. The number of benzene rings is 1. The first-order valence-electron chi connectivity index (χ1n) is 5.61. The maximum Gasteiger partial charge on any atom is 0.349 e. The third-order valence-corrected chi connectivity index (χ3v) is 4.22. The van der Waals surface area contributed by atoms with Crippen LogP contribution in [0, 0.1) is 5.82 Å². The summed E-state index contributed by atoms with van der Waals surface area (Å²) in [5.41, 5.74) is 0.932. The second-order valence-corrected chi connectivity index (χ2v) is 5.95. The number of fused-ring (bicyclic) bond motifs is 1. The van der Waals surface area contributed by atoms with E-state index >= 15 is 0 Å². The zero-order valence-electron chi connectivity index (χ0n) is 10.3. The van der Waals surface area contributed by atoms with Crippen molar-refractivity contribution >= 4 is 38.2 Å². The lowest BCUT2D eigenvalue weighted by Crippen LogP contribution is -1.97. The number of nitrogens with zero attached hydrogens (tertiary/aromatic N) is 2. The summed E-state index contributed by atoms with van der Waals surface area (Å²) >= 11 is 4.51. The number of methoxy groups -OCH3 is 1. The molecule has 20 heavy (non-hydrogen) atoms. The van der Waals surface area contributed by atoms with Crippen LogP contribution in [0.5, 0.6) is 0 Å². The molecule has 0 aliphatic carbocycles. The van der Waals surface area contributed by atoms with Gasteiger partial charge in [-0.05, 0) is 18.2 Å². The Morgan fingerprint density at radius 1 is 1.45 bits per heavy atom. The Labute approximate surface area is 126 Å². The van der Waals surface area contributed by atoms with Crippen LogP contribution in [0.3, 0.4) is 0 Å². The van der Waals surface area contributed by atoms with Gasteiger partial charge in [0.1, 0.15) is 10.7 Å². The number of esters is 1. The number of hydrogen-bond donors (Lipinski definition) is 0. The zero-order valence-corrected chi connectivity index (χ0v) is 12.7. The van der Waals surface area contributed by atoms with E-state index in [0.29, 0.717) is 21.1 Å². The van der Waals surface area contributed by atoms with Crippen LogP contribution in [0.2, 0.25) is 0 Å². The Hall–Kier alpha value is -1.73. The van der Waals surface area contributed by atoms with Gasteiger partial charge < -0.3 is 4.74 Å². The van der Waals surface area contributed by atoms with Gasteiger partial charge in [0, 0.05) is 22.4 Å². The molecule has 4 nitrogen and oxygen atoms in total. The van der Waals surface area contributed by atoms with Gasteiger partial charge in [-0.1, -0.05) is 27.3 Å². The number of aromatic nitrogens is 2. The fourth-order valence-electron chi connectivity index (χ4n) is 1.81. The molecule has 0 bridgehead atoms. The SMILES string of the molecule is COC(=O)c1cn2cc(-c3cc(Br)ccc3F)nc2s1. The lowest BCUT2D eigenvalue weighted by atomic mass is 10.1. The molecule has 0 unspecified atom stereocenters. The van der Waals surface area contributed by atoms with Gasteiger partial charge in [0.15, 0.2) is 4.96 Å². The molecule has 0 amide bonds. The number of carbonyl (C=O) groups is 1. The van der Waals surface area contributed by atoms with Crippen LogP contribution in [0.25, 0.3) is 16.2 Å². The highest BCUT2D eigenvalue weighted by Crippen LogP contribution is 2.28. The van der Waals surface area contributed by atoms with E-state index in [9.17, 15) is 9.18 Å². The number of halogens is 2. The average molecular weight is 355 g/mol. The molecule has 0 fully saturated rings. The number of hydrogen-bond acceptors (Lipinski definition) is 4. The molecule has 2 aromatic heterocycles. The Bertz CT molecular complexity index is 780. The van der Waals surface area contributed by atoms with Crippen LogP contribution in [-0.2, 0) is 4.74 Å². The topological polar surface area (TPSA) is 43.6 Å². The smallest absolute Gasteiger partial charge is 0.349 e. The largest absolute Gasteiger partial charge is 0.465 e. The Morgan fingerprint density at radius 2 is 2.25 bits per heavy atom. The molecule has 0 saturated carbocycles. The standard InChI is InChI=1S/C13H8BrFN2O2S/c1-19-12(18)11-6-17-5-10(16-13(17)20-11)8-4-7(14)2-3-9(8)15/h2-6H,1H3. The quantitative estimate of drug-likeness (QED) is 0.658. The van der Waals surface area contributed by atoms with Crippen molar-refractivity contribution in [2.75, 3.05) is 7.11 Å². The minimum atomic E-state index is -0.407. The first-order chi connectivity index (χ1) is 9.58. The van der Waals surface area contributed by atoms with Crippen LogP contribution >= 0.6 is 27.3 Å². The molecule has 0 atom stereocenters. The number of ether oxygens (including phenoxy) is 1. The molecular formula is C13H8BrFN2O2S. The maximum atomic E-state index is 13.8. The highest BCUT2D eigenvalue weighted by atomic mass is 79.9. The summed E-state index contributed by atoms with van der Waals surface area (Å²) in [6.07, 6.45) is 3.31. The van der Waals surface area contributed by atoms with Crippen molar-refractivity contribution < 1.29 is 13.9 Å². The third kappa shape index (κ3) is 2.23. The van der Waals surface area contributed by atoms with E-state index in [2.05, 4.69) is 25.7 Å². The van der Waals surface area contributed by atoms with Gasteiger partial charge in [-0.25, -0.2) is 14.2 Å². The van der Waals surface area contributed by atoms with E-state index in [-0.39, 0.29) is 5.82 Å². The summed E-state index contributed by atoms with van der Waals surface area (Å²) in [6.45, 7) is 0. The van der Waals surface area contributed by atoms with Crippen LogP contribution in [0.15, 0.2) is 35.1 Å². The van der Waals surface area contributed by atoms with Crippen LogP contribution < -0.4 is 0 Å². The average Bonchev–Trinajstić information content (AvgIpc) is 2.98. The van der Waals surface area contributed by atoms with Crippen LogP contribution in [-0.4, -0.2) is 22.5 Å². The summed E-state index contributed by atoms with van der Waals surface area (Å²) in [4.78, 5) is 16.8. The molecule has 7 heteroatoms. The monoisotopic (exact) mass is 354 g/mol. The molecule has 0 aliphatic rings. The highest BCUT2D eigenvalue weighted by molar-refractivity contribution is 9.10. The minimum Gasteiger partial charge on any atom is -0.465 e. The third-order valence-electron chi connectivity index (χ3n) is 2.75. The lowest BCUT2D eigenvalue weighted by Gasteiger charge is -1.99. The van der Waals surface area contributed by atoms with Crippen LogP contribution in [0.4, 0.5) is 4.39 Å². The van der Waals surface area contributed by atoms with Gasteiger partial charge >= 0.3 is 5.97 Å². The molecule has 2 heterocycles. The molecule has 0 saturated heterocycles. The molecule has 102 valence electrons. The van der Waals surface area contributed by atoms with Gasteiger partial charge in [-0.2, -0.15) is 0 Å². The summed E-state index contributed by atoms with van der Waals surface area (Å²) in [5, 5.41) is 0. The Kier molecular flexibility index (Phi) is 3.31. The van der Waals surface area contributed by atoms with E-state index in [1.54, 1.807) is 28.9 Å². The maximum absolute atomic E-state index is 13.8. The molecule has 1 aromatic carbocycles. The van der Waals surface area contributed by atoms with Crippen LogP contribution in [0.1, 0.15) is 9.67 Å². The van der Waals surface area contributed by atoms with E-state index in [1.807, 2.05) is 0 Å². The second-order valence-electron chi connectivity index (χ2n) is 4.03.